The molecule has 0 aliphatic carbocycles. The molecule has 0 spiro atoms. The SMILES string of the molecule is CCCc1c(OCCCCC=CC=C[C@H](Sc2ccc3c(=O)cc(C(=O)O)oc3c2)[C@H](O)c2cccc(C(F)(F)F)c2)ccc(C(C)=O)c1O.[NaH]. The van der Waals surface area contributed by atoms with Crippen LogP contribution in [0.4, 0.5) is 13.2 Å². The minimum absolute atomic E-state index is 0. The summed E-state index contributed by atoms with van der Waals surface area (Å²) < 4.78 is 51.6. The Kier molecular flexibility index (Phi) is 15.6. The second-order valence-corrected chi connectivity index (χ2v) is 12.7. The summed E-state index contributed by atoms with van der Waals surface area (Å²) in [5.41, 5.74) is -0.485. The normalized spacial score (nSPS) is 13.0. The molecule has 0 saturated carbocycles. The fraction of sp³-hybridized carbons (Fsp3) is 0.289. The maximum absolute atomic E-state index is 13.4. The van der Waals surface area contributed by atoms with Crippen molar-refractivity contribution in [2.45, 2.75) is 68.4 Å². The number of hydrogen-bond acceptors (Lipinski definition) is 8. The molecule has 4 aromatic rings. The molecule has 13 heteroatoms. The minimum atomic E-state index is -4.60. The van der Waals surface area contributed by atoms with Crippen molar-refractivity contribution in [3.05, 3.63) is 123 Å². The van der Waals surface area contributed by atoms with Gasteiger partial charge in [-0.1, -0.05) is 49.8 Å². The van der Waals surface area contributed by atoms with Gasteiger partial charge in [-0.15, -0.1) is 11.8 Å². The monoisotopic (exact) mass is 734 g/mol. The number of rotatable bonds is 16. The van der Waals surface area contributed by atoms with Crippen LogP contribution in [0.2, 0.25) is 0 Å². The summed E-state index contributed by atoms with van der Waals surface area (Å²) >= 11 is 1.11. The van der Waals surface area contributed by atoms with Crippen molar-refractivity contribution in [3.8, 4) is 11.5 Å². The molecule has 8 nitrogen and oxygen atoms in total. The number of carbonyl (C=O) groups excluding carboxylic acids is 1. The van der Waals surface area contributed by atoms with Crippen LogP contribution in [0, 0.1) is 0 Å². The van der Waals surface area contributed by atoms with Crippen LogP contribution in [-0.2, 0) is 12.6 Å². The number of ketones is 1. The number of hydrogen-bond donors (Lipinski definition) is 3. The number of aromatic hydroxyl groups is 1. The van der Waals surface area contributed by atoms with Gasteiger partial charge in [-0.05, 0) is 80.6 Å². The number of fused-ring (bicyclic) bond motifs is 1. The van der Waals surface area contributed by atoms with E-state index < -0.39 is 40.3 Å². The van der Waals surface area contributed by atoms with Gasteiger partial charge in [0.2, 0.25) is 5.76 Å². The number of thioether (sulfide) groups is 1. The quantitative estimate of drug-likeness (QED) is 0.0342. The Bertz CT molecular complexity index is 1950. The van der Waals surface area contributed by atoms with E-state index in [1.165, 1.54) is 31.2 Å². The summed E-state index contributed by atoms with van der Waals surface area (Å²) in [6.07, 6.45) is 4.56. The van der Waals surface area contributed by atoms with Crippen LogP contribution in [0.5, 0.6) is 11.5 Å². The number of aliphatic hydroxyl groups is 1. The number of aliphatic hydroxyl groups excluding tert-OH is 1. The van der Waals surface area contributed by atoms with Gasteiger partial charge < -0.3 is 24.5 Å². The third kappa shape index (κ3) is 11.3. The van der Waals surface area contributed by atoms with Crippen molar-refractivity contribution in [3.63, 3.8) is 0 Å². The van der Waals surface area contributed by atoms with E-state index in [2.05, 4.69) is 0 Å². The number of Topliss-reactive ketones (excluding diaryl/α,β-unsaturated/α-hetero) is 1. The summed E-state index contributed by atoms with van der Waals surface area (Å²) in [5.74, 6) is -1.66. The van der Waals surface area contributed by atoms with Crippen molar-refractivity contribution < 1.29 is 47.2 Å². The van der Waals surface area contributed by atoms with E-state index >= 15 is 0 Å². The molecule has 0 bridgehead atoms. The summed E-state index contributed by atoms with van der Waals surface area (Å²) in [4.78, 5) is 36.0. The average molecular weight is 735 g/mol. The number of allylic oxidation sites excluding steroid dienone is 3. The van der Waals surface area contributed by atoms with Crippen LogP contribution in [-0.4, -0.2) is 68.5 Å². The van der Waals surface area contributed by atoms with E-state index in [1.807, 2.05) is 13.0 Å². The molecule has 51 heavy (non-hydrogen) atoms. The fourth-order valence-electron chi connectivity index (χ4n) is 5.19. The summed E-state index contributed by atoms with van der Waals surface area (Å²) in [5, 5.41) is 30.4. The van der Waals surface area contributed by atoms with Gasteiger partial charge in [0, 0.05) is 16.5 Å². The standard InChI is InChI=1S/C38H37F3O8S.Na.H/c1-3-11-29-31(18-17-27(23(2)42)36(29)45)48-19-9-7-5-4-6-8-14-34(35(44)24-12-10-13-25(20-24)38(39,40)41)50-26-15-16-28-30(43)22-33(37(46)47)49-32(28)21-26;;/h4,6,8,10,12-18,20-22,34-35,44-45H,3,5,7,9,11,19H2,1-2H3,(H,46,47);;/t34-,35+;;/m0../s1. The first-order valence-corrected chi connectivity index (χ1v) is 16.8. The summed E-state index contributed by atoms with van der Waals surface area (Å²) in [7, 11) is 0. The number of phenols is 1. The topological polar surface area (TPSA) is 134 Å². The Morgan fingerprint density at radius 2 is 1.80 bits per heavy atom. The third-order valence-corrected chi connectivity index (χ3v) is 8.95. The molecule has 0 aliphatic heterocycles. The van der Waals surface area contributed by atoms with Crippen molar-refractivity contribution in [1.29, 1.82) is 0 Å². The molecule has 3 aromatic carbocycles. The molecule has 0 unspecified atom stereocenters. The van der Waals surface area contributed by atoms with E-state index in [0.717, 1.165) is 42.8 Å². The van der Waals surface area contributed by atoms with Gasteiger partial charge in [0.25, 0.3) is 0 Å². The molecule has 0 radical (unpaired) electrons. The predicted molar refractivity (Wildman–Crippen MR) is 192 cm³/mol. The van der Waals surface area contributed by atoms with Crippen molar-refractivity contribution in [2.75, 3.05) is 6.61 Å². The molecular formula is C38H38F3NaO8S. The molecule has 1 heterocycles. The van der Waals surface area contributed by atoms with E-state index in [0.29, 0.717) is 42.1 Å². The van der Waals surface area contributed by atoms with Gasteiger partial charge in [0.05, 0.1) is 34.5 Å². The summed E-state index contributed by atoms with van der Waals surface area (Å²) in [6, 6.07) is 13.1. The number of ether oxygens (including phenoxy) is 1. The number of benzene rings is 3. The molecule has 4 rings (SSSR count). The van der Waals surface area contributed by atoms with Crippen molar-refractivity contribution in [1.82, 2.24) is 0 Å². The average Bonchev–Trinajstić information content (AvgIpc) is 3.07. The molecule has 3 N–H and O–H groups in total. The molecule has 2 atom stereocenters. The zero-order valence-corrected chi connectivity index (χ0v) is 28.2. The van der Waals surface area contributed by atoms with Crippen molar-refractivity contribution >= 4 is 64.0 Å². The van der Waals surface area contributed by atoms with Crippen LogP contribution < -0.4 is 10.2 Å². The number of carboxylic acids is 1. The number of carbonyl (C=O) groups is 2. The number of phenolic OH excluding ortho intramolecular Hbond substituents is 1. The number of halogens is 3. The van der Waals surface area contributed by atoms with Gasteiger partial charge in [-0.2, -0.15) is 13.2 Å². The van der Waals surface area contributed by atoms with Gasteiger partial charge in [-0.25, -0.2) is 4.79 Å². The Morgan fingerprint density at radius 1 is 1.04 bits per heavy atom. The van der Waals surface area contributed by atoms with Crippen LogP contribution in [0.15, 0.2) is 99.1 Å². The number of alkyl halides is 3. The maximum atomic E-state index is 13.4. The Labute approximate surface area is 319 Å². The molecule has 0 saturated heterocycles. The molecule has 0 aliphatic rings. The van der Waals surface area contributed by atoms with E-state index in [-0.39, 0.29) is 63.2 Å². The number of carboxylic acid groups (broad SMARTS) is 1. The molecule has 0 fully saturated rings. The second-order valence-electron chi connectivity index (χ2n) is 11.5. The molecular weight excluding hydrogens is 696 g/mol. The first kappa shape index (κ1) is 41.6. The zero-order valence-electron chi connectivity index (χ0n) is 27.4. The van der Waals surface area contributed by atoms with Gasteiger partial charge in [0.15, 0.2) is 11.2 Å². The molecule has 1 aromatic heterocycles. The van der Waals surface area contributed by atoms with E-state index in [1.54, 1.807) is 36.4 Å². The third-order valence-electron chi connectivity index (χ3n) is 7.74. The first-order valence-electron chi connectivity index (χ1n) is 15.9. The van der Waals surface area contributed by atoms with Gasteiger partial charge in [-0.3, -0.25) is 9.59 Å². The van der Waals surface area contributed by atoms with Gasteiger partial charge >= 0.3 is 41.7 Å². The predicted octanol–water partition coefficient (Wildman–Crippen LogP) is 8.28. The number of unbranched alkanes of at least 4 members (excludes halogenated alkanes) is 2. The molecule has 0 amide bonds. The first-order chi connectivity index (χ1) is 23.8. The Hall–Kier alpha value is -3.81. The summed E-state index contributed by atoms with van der Waals surface area (Å²) in [6.45, 7) is 3.78. The molecule has 266 valence electrons. The van der Waals surface area contributed by atoms with Crippen LogP contribution >= 0.6 is 11.8 Å². The van der Waals surface area contributed by atoms with Crippen LogP contribution in [0.1, 0.15) is 83.2 Å². The van der Waals surface area contributed by atoms with E-state index in [9.17, 15) is 42.9 Å². The zero-order chi connectivity index (χ0) is 36.4. The fourth-order valence-corrected chi connectivity index (χ4v) is 6.28. The number of aromatic carboxylic acids is 1. The van der Waals surface area contributed by atoms with Crippen molar-refractivity contribution in [2.24, 2.45) is 0 Å². The Morgan fingerprint density at radius 3 is 2.49 bits per heavy atom. The van der Waals surface area contributed by atoms with Gasteiger partial charge in [0.1, 0.15) is 17.1 Å². The van der Waals surface area contributed by atoms with Crippen LogP contribution in [0.3, 0.4) is 0 Å². The van der Waals surface area contributed by atoms with E-state index in [4.69, 9.17) is 9.15 Å². The Balaban J connectivity index is 0.00000702. The van der Waals surface area contributed by atoms with Crippen LogP contribution in [0.25, 0.3) is 11.0 Å². The second kappa shape index (κ2) is 19.1.